The summed E-state index contributed by atoms with van der Waals surface area (Å²) in [6.07, 6.45) is 29.2. The Bertz CT molecular complexity index is 963. The van der Waals surface area contributed by atoms with Crippen molar-refractivity contribution in [3.05, 3.63) is 0 Å². The molecule has 0 aromatic carbocycles. The molecule has 0 aliphatic rings. The minimum absolute atomic E-state index is 0.0616. The molecule has 0 spiro atoms. The van der Waals surface area contributed by atoms with Gasteiger partial charge in [-0.1, -0.05) is 175 Å². The Balaban J connectivity index is 4.13. The van der Waals surface area contributed by atoms with Gasteiger partial charge >= 0.3 is 29.8 Å². The lowest BCUT2D eigenvalue weighted by molar-refractivity contribution is -0.169. The normalized spacial score (nSPS) is 11.5. The van der Waals surface area contributed by atoms with Gasteiger partial charge in [0, 0.05) is 19.3 Å². The molecule has 10 nitrogen and oxygen atoms in total. The van der Waals surface area contributed by atoms with Crippen molar-refractivity contribution < 1.29 is 47.7 Å². The third-order valence-corrected chi connectivity index (χ3v) is 9.34. The second-order valence-corrected chi connectivity index (χ2v) is 14.6. The van der Waals surface area contributed by atoms with Gasteiger partial charge in [0.15, 0.2) is 6.10 Å². The van der Waals surface area contributed by atoms with Gasteiger partial charge < -0.3 is 18.9 Å². The number of rotatable bonds is 38. The first-order chi connectivity index (χ1) is 25.7. The van der Waals surface area contributed by atoms with E-state index in [4.69, 9.17) is 18.9 Å². The average Bonchev–Trinajstić information content (AvgIpc) is 3.13. The van der Waals surface area contributed by atoms with Crippen LogP contribution in [0.1, 0.15) is 220 Å². The van der Waals surface area contributed by atoms with E-state index in [9.17, 15) is 28.8 Å². The largest absolute Gasteiger partial charge is 0.462 e. The van der Waals surface area contributed by atoms with Crippen molar-refractivity contribution in [2.24, 2.45) is 0 Å². The highest BCUT2D eigenvalue weighted by atomic mass is 16.6. The molecule has 0 bridgehead atoms. The molecule has 1 atom stereocenters. The van der Waals surface area contributed by atoms with Crippen molar-refractivity contribution in [1.29, 1.82) is 0 Å². The third-order valence-electron chi connectivity index (χ3n) is 9.34. The van der Waals surface area contributed by atoms with Crippen molar-refractivity contribution in [3.8, 4) is 0 Å². The van der Waals surface area contributed by atoms with Crippen molar-refractivity contribution in [3.63, 3.8) is 0 Å². The summed E-state index contributed by atoms with van der Waals surface area (Å²) < 4.78 is 20.3. The lowest BCUT2D eigenvalue weighted by Gasteiger charge is -2.18. The Kier molecular flexibility index (Phi) is 35.6. The summed E-state index contributed by atoms with van der Waals surface area (Å²) in [5.41, 5.74) is 0. The number of ketones is 1. The maximum Gasteiger partial charge on any atom is 0.375 e. The van der Waals surface area contributed by atoms with Crippen LogP contribution in [0, 0.1) is 0 Å². The van der Waals surface area contributed by atoms with E-state index >= 15 is 0 Å². The number of carbonyl (C=O) groups is 6. The molecule has 0 aliphatic carbocycles. The minimum Gasteiger partial charge on any atom is -0.462 e. The quantitative estimate of drug-likeness (QED) is 0.0197. The molecule has 0 fully saturated rings. The van der Waals surface area contributed by atoms with E-state index in [0.717, 1.165) is 57.8 Å². The number of Topliss-reactive ketones (excluding diaryl/α,β-unsaturated/α-hetero) is 1. The zero-order valence-electron chi connectivity index (χ0n) is 34.0. The Hall–Kier alpha value is -2.78. The van der Waals surface area contributed by atoms with Crippen LogP contribution in [-0.4, -0.2) is 54.9 Å². The van der Waals surface area contributed by atoms with Gasteiger partial charge in [-0.15, -0.1) is 0 Å². The smallest absolute Gasteiger partial charge is 0.375 e. The maximum atomic E-state index is 12.3. The highest BCUT2D eigenvalue weighted by Gasteiger charge is 2.25. The van der Waals surface area contributed by atoms with E-state index in [0.29, 0.717) is 19.3 Å². The number of hydrogen-bond acceptors (Lipinski definition) is 10. The summed E-state index contributed by atoms with van der Waals surface area (Å²) in [7, 11) is 0. The topological polar surface area (TPSA) is 139 Å². The first kappa shape index (κ1) is 50.2. The van der Waals surface area contributed by atoms with Crippen LogP contribution in [0.5, 0.6) is 0 Å². The molecule has 53 heavy (non-hydrogen) atoms. The molecule has 0 saturated carbocycles. The maximum absolute atomic E-state index is 12.3. The van der Waals surface area contributed by atoms with Crippen LogP contribution in [0.4, 0.5) is 0 Å². The van der Waals surface area contributed by atoms with Crippen molar-refractivity contribution in [2.75, 3.05) is 13.2 Å². The molecule has 0 aromatic heterocycles. The van der Waals surface area contributed by atoms with Crippen LogP contribution < -0.4 is 0 Å². The summed E-state index contributed by atoms with van der Waals surface area (Å²) in [4.78, 5) is 73.2. The van der Waals surface area contributed by atoms with E-state index in [-0.39, 0.29) is 25.9 Å². The van der Waals surface area contributed by atoms with Crippen LogP contribution in [0.25, 0.3) is 0 Å². The molecule has 0 saturated heterocycles. The van der Waals surface area contributed by atoms with Crippen LogP contribution in [-0.2, 0) is 47.7 Å². The molecule has 0 heterocycles. The van der Waals surface area contributed by atoms with Gasteiger partial charge in [-0.25, -0.2) is 4.79 Å². The predicted octanol–water partition coefficient (Wildman–Crippen LogP) is 10.8. The standard InChI is InChI=1S/C43H76O10/c1-4-7-10-13-14-15-16-17-18-19-20-21-22-23-24-25-26-27-30-33-41(47)53-42(48)34-38(44)43(49)51-36-37(52-40(46)32-29-12-9-6-3)35-50-39(45)31-28-11-8-5-2/h37H,4-36H2,1-3H3. The van der Waals surface area contributed by atoms with Crippen molar-refractivity contribution in [1.82, 2.24) is 0 Å². The second-order valence-electron chi connectivity index (χ2n) is 14.6. The number of unbranched alkanes of at least 4 members (excludes halogenated alkanes) is 24. The molecule has 0 amide bonds. The molecule has 308 valence electrons. The summed E-state index contributed by atoms with van der Waals surface area (Å²) in [5, 5.41) is 0. The third kappa shape index (κ3) is 34.7. The first-order valence-corrected chi connectivity index (χ1v) is 21.5. The number of hydrogen-bond donors (Lipinski definition) is 0. The van der Waals surface area contributed by atoms with Gasteiger partial charge in [0.1, 0.15) is 19.6 Å². The van der Waals surface area contributed by atoms with Crippen molar-refractivity contribution in [2.45, 2.75) is 226 Å². The second kappa shape index (κ2) is 37.5. The molecule has 1 unspecified atom stereocenters. The van der Waals surface area contributed by atoms with Gasteiger partial charge in [0.2, 0.25) is 0 Å². The predicted molar refractivity (Wildman–Crippen MR) is 208 cm³/mol. The van der Waals surface area contributed by atoms with Gasteiger partial charge in [-0.05, 0) is 19.3 Å². The molecule has 0 aromatic rings. The molecule has 0 rings (SSSR count). The Labute approximate surface area is 321 Å². The average molecular weight is 753 g/mol. The molecule has 0 N–H and O–H groups in total. The van der Waals surface area contributed by atoms with E-state index in [2.05, 4.69) is 20.8 Å². The highest BCUT2D eigenvalue weighted by Crippen LogP contribution is 2.15. The van der Waals surface area contributed by atoms with E-state index in [1.54, 1.807) is 0 Å². The lowest BCUT2D eigenvalue weighted by Crippen LogP contribution is -2.32. The van der Waals surface area contributed by atoms with Gasteiger partial charge in [0.25, 0.3) is 5.78 Å². The van der Waals surface area contributed by atoms with E-state index in [1.807, 2.05) is 0 Å². The van der Waals surface area contributed by atoms with Crippen LogP contribution in [0.3, 0.4) is 0 Å². The Morgan fingerprint density at radius 3 is 1.15 bits per heavy atom. The van der Waals surface area contributed by atoms with Crippen molar-refractivity contribution >= 4 is 35.6 Å². The fraction of sp³-hybridized carbons (Fsp3) is 0.860. The van der Waals surface area contributed by atoms with Crippen LogP contribution >= 0.6 is 0 Å². The fourth-order valence-electron chi connectivity index (χ4n) is 6.03. The first-order valence-electron chi connectivity index (χ1n) is 21.5. The number of carbonyl (C=O) groups excluding carboxylic acids is 6. The molecule has 10 heteroatoms. The van der Waals surface area contributed by atoms with Crippen LogP contribution in [0.15, 0.2) is 0 Å². The molecular weight excluding hydrogens is 676 g/mol. The SMILES string of the molecule is CCCCCCCCCCCCCCCCCCCCCC(=O)OC(=O)CC(=O)C(=O)OCC(COC(=O)CCCCCC)OC(=O)CCCCCC. The van der Waals surface area contributed by atoms with E-state index in [1.165, 1.54) is 96.3 Å². The summed E-state index contributed by atoms with van der Waals surface area (Å²) in [6, 6.07) is 0. The number of ether oxygens (including phenoxy) is 4. The monoisotopic (exact) mass is 753 g/mol. The van der Waals surface area contributed by atoms with Crippen LogP contribution in [0.2, 0.25) is 0 Å². The number of esters is 5. The van der Waals surface area contributed by atoms with E-state index < -0.39 is 54.8 Å². The fourth-order valence-corrected chi connectivity index (χ4v) is 6.03. The highest BCUT2D eigenvalue weighted by molar-refractivity contribution is 6.36. The van der Waals surface area contributed by atoms with Gasteiger partial charge in [-0.3, -0.25) is 24.0 Å². The summed E-state index contributed by atoms with van der Waals surface area (Å²) >= 11 is 0. The zero-order valence-corrected chi connectivity index (χ0v) is 34.0. The zero-order chi connectivity index (χ0) is 39.2. The lowest BCUT2D eigenvalue weighted by atomic mass is 10.0. The molecule has 0 radical (unpaired) electrons. The van der Waals surface area contributed by atoms with Gasteiger partial charge in [-0.2, -0.15) is 0 Å². The minimum atomic E-state index is -1.33. The van der Waals surface area contributed by atoms with Gasteiger partial charge in [0.05, 0.1) is 0 Å². The Morgan fingerprint density at radius 1 is 0.377 bits per heavy atom. The Morgan fingerprint density at radius 2 is 0.717 bits per heavy atom. The molecular formula is C43H76O10. The summed E-state index contributed by atoms with van der Waals surface area (Å²) in [5.74, 6) is -5.36. The summed E-state index contributed by atoms with van der Waals surface area (Å²) in [6.45, 7) is 5.53. The molecule has 0 aliphatic heterocycles.